The van der Waals surface area contributed by atoms with Gasteiger partial charge in [0.25, 0.3) is 11.8 Å². The quantitative estimate of drug-likeness (QED) is 0.623. The SMILES string of the molecule is CC(NC(=O)c1cc(O[C@@H](C)C(F)(F)F)c(C2CC2)cn1)C(C)(C)C(=O)N1CC(F)(F)C1. The fourth-order valence-corrected chi connectivity index (χ4v) is 3.33. The van der Waals surface area contributed by atoms with Crippen molar-refractivity contribution < 1.29 is 36.3 Å². The fourth-order valence-electron chi connectivity index (χ4n) is 3.33. The van der Waals surface area contributed by atoms with Gasteiger partial charge in [0.15, 0.2) is 6.10 Å². The van der Waals surface area contributed by atoms with Gasteiger partial charge < -0.3 is 15.0 Å². The van der Waals surface area contributed by atoms with Gasteiger partial charge in [0, 0.05) is 23.9 Å². The number of alkyl halides is 5. The Kier molecular flexibility index (Phi) is 6.16. The molecular formula is C21H26F5N3O3. The summed E-state index contributed by atoms with van der Waals surface area (Å²) in [5.74, 6) is -4.16. The van der Waals surface area contributed by atoms with Crippen molar-refractivity contribution in [3.63, 3.8) is 0 Å². The topological polar surface area (TPSA) is 71.5 Å². The van der Waals surface area contributed by atoms with Crippen molar-refractivity contribution in [1.82, 2.24) is 15.2 Å². The molecule has 1 saturated carbocycles. The van der Waals surface area contributed by atoms with Crippen LogP contribution < -0.4 is 10.1 Å². The Morgan fingerprint density at radius 3 is 2.31 bits per heavy atom. The summed E-state index contributed by atoms with van der Waals surface area (Å²) in [6, 6.07) is 0.406. The third kappa shape index (κ3) is 5.12. The van der Waals surface area contributed by atoms with Gasteiger partial charge in [-0.05, 0) is 46.5 Å². The number of rotatable bonds is 7. The van der Waals surface area contributed by atoms with E-state index in [2.05, 4.69) is 10.3 Å². The summed E-state index contributed by atoms with van der Waals surface area (Å²) in [6.45, 7) is 4.15. The third-order valence-electron chi connectivity index (χ3n) is 6.02. The molecule has 1 aliphatic carbocycles. The van der Waals surface area contributed by atoms with E-state index in [1.807, 2.05) is 0 Å². The minimum atomic E-state index is -4.57. The van der Waals surface area contributed by atoms with Crippen LogP contribution in [0.15, 0.2) is 12.3 Å². The second-order valence-electron chi connectivity index (χ2n) is 9.12. The average molecular weight is 463 g/mol. The van der Waals surface area contributed by atoms with Crippen LogP contribution >= 0.6 is 0 Å². The lowest BCUT2D eigenvalue weighted by atomic mass is 9.82. The van der Waals surface area contributed by atoms with E-state index in [0.717, 1.165) is 24.7 Å². The lowest BCUT2D eigenvalue weighted by Crippen LogP contribution is -2.63. The number of pyridine rings is 1. The van der Waals surface area contributed by atoms with Gasteiger partial charge in [-0.25, -0.2) is 8.78 Å². The number of hydrogen-bond acceptors (Lipinski definition) is 4. The zero-order valence-corrected chi connectivity index (χ0v) is 18.2. The molecule has 11 heteroatoms. The molecule has 178 valence electrons. The molecule has 0 aromatic carbocycles. The van der Waals surface area contributed by atoms with E-state index in [9.17, 15) is 31.5 Å². The molecule has 0 radical (unpaired) electrons. The number of aromatic nitrogens is 1. The Morgan fingerprint density at radius 1 is 1.22 bits per heavy atom. The second kappa shape index (κ2) is 8.15. The first-order chi connectivity index (χ1) is 14.6. The molecule has 2 fully saturated rings. The summed E-state index contributed by atoms with van der Waals surface area (Å²) in [4.78, 5) is 30.4. The van der Waals surface area contributed by atoms with Crippen molar-refractivity contribution in [3.05, 3.63) is 23.5 Å². The molecule has 2 aliphatic rings. The number of hydrogen-bond donors (Lipinski definition) is 1. The van der Waals surface area contributed by atoms with Crippen LogP contribution in [0.5, 0.6) is 5.75 Å². The normalized spacial score (nSPS) is 20.2. The molecule has 0 spiro atoms. The van der Waals surface area contributed by atoms with Crippen LogP contribution in [0.25, 0.3) is 0 Å². The van der Waals surface area contributed by atoms with Gasteiger partial charge in [-0.2, -0.15) is 13.2 Å². The van der Waals surface area contributed by atoms with Gasteiger partial charge in [0.05, 0.1) is 18.5 Å². The molecule has 2 heterocycles. The Morgan fingerprint density at radius 2 is 1.81 bits per heavy atom. The van der Waals surface area contributed by atoms with Crippen LogP contribution in [0.4, 0.5) is 22.0 Å². The summed E-state index contributed by atoms with van der Waals surface area (Å²) in [5.41, 5.74) is -0.839. The maximum atomic E-state index is 13.1. The number of likely N-dealkylation sites (tertiary alicyclic amines) is 1. The third-order valence-corrected chi connectivity index (χ3v) is 6.02. The molecule has 0 bridgehead atoms. The van der Waals surface area contributed by atoms with Crippen molar-refractivity contribution in [2.24, 2.45) is 5.41 Å². The lowest BCUT2D eigenvalue weighted by molar-refractivity contribution is -0.189. The van der Waals surface area contributed by atoms with E-state index in [1.54, 1.807) is 6.92 Å². The summed E-state index contributed by atoms with van der Waals surface area (Å²) in [6.07, 6.45) is -3.70. The van der Waals surface area contributed by atoms with E-state index < -0.39 is 54.6 Å². The van der Waals surface area contributed by atoms with Gasteiger partial charge in [-0.15, -0.1) is 0 Å². The summed E-state index contributed by atoms with van der Waals surface area (Å²) in [7, 11) is 0. The first-order valence-corrected chi connectivity index (χ1v) is 10.3. The van der Waals surface area contributed by atoms with Crippen LogP contribution in [-0.2, 0) is 4.79 Å². The van der Waals surface area contributed by atoms with E-state index in [0.29, 0.717) is 5.56 Å². The monoisotopic (exact) mass is 463 g/mol. The number of nitrogens with zero attached hydrogens (tertiary/aromatic N) is 2. The van der Waals surface area contributed by atoms with Crippen molar-refractivity contribution in [2.45, 2.75) is 70.7 Å². The van der Waals surface area contributed by atoms with E-state index in [-0.39, 0.29) is 17.4 Å². The molecule has 32 heavy (non-hydrogen) atoms. The van der Waals surface area contributed by atoms with Crippen molar-refractivity contribution >= 4 is 11.8 Å². The minimum Gasteiger partial charge on any atom is -0.481 e. The predicted octanol–water partition coefficient (Wildman–Crippen LogP) is 3.91. The van der Waals surface area contributed by atoms with E-state index >= 15 is 0 Å². The lowest BCUT2D eigenvalue weighted by Gasteiger charge is -2.44. The molecular weight excluding hydrogens is 437 g/mol. The van der Waals surface area contributed by atoms with Crippen LogP contribution in [0.2, 0.25) is 0 Å². The van der Waals surface area contributed by atoms with Gasteiger partial charge in [-0.1, -0.05) is 0 Å². The Labute approximate surface area is 182 Å². The molecule has 2 atom stereocenters. The first kappa shape index (κ1) is 24.2. The number of carbonyl (C=O) groups is 2. The van der Waals surface area contributed by atoms with Gasteiger partial charge >= 0.3 is 6.18 Å². The molecule has 6 nitrogen and oxygen atoms in total. The largest absolute Gasteiger partial charge is 0.481 e. The minimum absolute atomic E-state index is 0.0418. The second-order valence-corrected chi connectivity index (χ2v) is 9.12. The standard InChI is InChI=1S/C21H26F5N3O3/c1-11(19(3,4)18(31)29-9-20(22,23)10-29)28-17(30)15-7-16(32-12(2)21(24,25)26)14(8-27-15)13-5-6-13/h7-8,11-13H,5-6,9-10H2,1-4H3,(H,28,30)/t11?,12-/m0/s1. The van der Waals surface area contributed by atoms with Crippen LogP contribution in [0, 0.1) is 5.41 Å². The molecule has 1 saturated heterocycles. The van der Waals surface area contributed by atoms with Crippen LogP contribution in [0.3, 0.4) is 0 Å². The first-order valence-electron chi connectivity index (χ1n) is 10.3. The maximum absolute atomic E-state index is 13.1. The van der Waals surface area contributed by atoms with Crippen molar-refractivity contribution in [1.29, 1.82) is 0 Å². The number of carbonyl (C=O) groups excluding carboxylic acids is 2. The molecule has 2 amide bonds. The highest BCUT2D eigenvalue weighted by Gasteiger charge is 2.50. The molecule has 1 unspecified atom stereocenters. The van der Waals surface area contributed by atoms with Gasteiger partial charge in [-0.3, -0.25) is 14.6 Å². The maximum Gasteiger partial charge on any atom is 0.425 e. The highest BCUT2D eigenvalue weighted by atomic mass is 19.4. The number of halogens is 5. The van der Waals surface area contributed by atoms with Gasteiger partial charge in [0.2, 0.25) is 5.91 Å². The Balaban J connectivity index is 1.72. The smallest absolute Gasteiger partial charge is 0.425 e. The fraction of sp³-hybridized carbons (Fsp3) is 0.667. The van der Waals surface area contributed by atoms with Crippen molar-refractivity contribution in [2.75, 3.05) is 13.1 Å². The number of amides is 2. The molecule has 1 N–H and O–H groups in total. The zero-order chi connectivity index (χ0) is 24.1. The number of ether oxygens (including phenoxy) is 1. The molecule has 1 aliphatic heterocycles. The summed E-state index contributed by atoms with van der Waals surface area (Å²) < 4.78 is 70.2. The van der Waals surface area contributed by atoms with E-state index in [4.69, 9.17) is 4.74 Å². The highest BCUT2D eigenvalue weighted by molar-refractivity contribution is 5.94. The molecule has 1 aromatic heterocycles. The summed E-state index contributed by atoms with van der Waals surface area (Å²) in [5, 5.41) is 2.60. The Hall–Kier alpha value is -2.46. The Bertz CT molecular complexity index is 891. The zero-order valence-electron chi connectivity index (χ0n) is 18.2. The van der Waals surface area contributed by atoms with E-state index in [1.165, 1.54) is 26.1 Å². The van der Waals surface area contributed by atoms with Crippen molar-refractivity contribution in [3.8, 4) is 5.75 Å². The highest BCUT2D eigenvalue weighted by Crippen LogP contribution is 2.45. The van der Waals surface area contributed by atoms with Gasteiger partial charge in [0.1, 0.15) is 11.4 Å². The predicted molar refractivity (Wildman–Crippen MR) is 105 cm³/mol. The number of nitrogens with one attached hydrogen (secondary N) is 1. The average Bonchev–Trinajstić information content (AvgIpc) is 3.49. The molecule has 3 rings (SSSR count). The van der Waals surface area contributed by atoms with Crippen LogP contribution in [0.1, 0.15) is 62.5 Å². The van der Waals surface area contributed by atoms with Crippen LogP contribution in [-0.4, -0.2) is 59.0 Å². The molecule has 1 aromatic rings. The summed E-state index contributed by atoms with van der Waals surface area (Å²) >= 11 is 0.